The van der Waals surface area contributed by atoms with Gasteiger partial charge in [0, 0.05) is 16.1 Å². The second-order valence-corrected chi connectivity index (χ2v) is 4.54. The maximum Gasteiger partial charge on any atom is 1.00 e. The topological polar surface area (TPSA) is 53.0 Å². The number of hydrogen-bond acceptors (Lipinski definition) is 3. The Bertz CT molecular complexity index is 520. The zero-order valence-corrected chi connectivity index (χ0v) is 12.3. The van der Waals surface area contributed by atoms with E-state index < -0.39 is 11.1 Å². The van der Waals surface area contributed by atoms with Gasteiger partial charge in [-0.3, -0.25) is 9.19 Å². The normalized spacial score (nSPS) is 12.1. The third kappa shape index (κ3) is 2.87. The molecule has 6 heteroatoms. The van der Waals surface area contributed by atoms with Crippen molar-refractivity contribution < 1.29 is 38.3 Å². The molecule has 0 saturated heterocycles. The number of halogens is 1. The zero-order valence-electron chi connectivity index (χ0n) is 7.94. The molecule has 0 aliphatic heterocycles. The maximum absolute atomic E-state index is 10.9. The summed E-state index contributed by atoms with van der Waals surface area (Å²) < 4.78 is 22.5. The van der Waals surface area contributed by atoms with Crippen LogP contribution >= 0.6 is 15.9 Å². The predicted octanol–water partition coefficient (Wildman–Crippen LogP) is -0.761. The van der Waals surface area contributed by atoms with Gasteiger partial charge in [0.25, 0.3) is 0 Å². The molecule has 0 aliphatic rings. The van der Waals surface area contributed by atoms with Gasteiger partial charge >= 0.3 is 29.6 Å². The van der Waals surface area contributed by atoms with E-state index in [0.717, 1.165) is 9.86 Å². The quantitative estimate of drug-likeness (QED) is 0.513. The summed E-state index contributed by atoms with van der Waals surface area (Å²) in [4.78, 5) is 4.25. The van der Waals surface area contributed by atoms with Gasteiger partial charge in [0.2, 0.25) is 0 Å². The fourth-order valence-electron chi connectivity index (χ4n) is 1.25. The SMILES string of the molecule is O=S([O-])c1cc(Br)cc2cccnc12.[Na+]. The van der Waals surface area contributed by atoms with Gasteiger partial charge < -0.3 is 4.55 Å². The van der Waals surface area contributed by atoms with Crippen LogP contribution in [0.5, 0.6) is 0 Å². The van der Waals surface area contributed by atoms with Crippen LogP contribution in [0.15, 0.2) is 39.8 Å². The Morgan fingerprint density at radius 3 is 2.80 bits per heavy atom. The molecule has 2 aromatic rings. The fraction of sp³-hybridized carbons (Fsp3) is 0. The minimum atomic E-state index is -2.26. The van der Waals surface area contributed by atoms with Gasteiger partial charge in [-0.25, -0.2) is 0 Å². The van der Waals surface area contributed by atoms with Crippen LogP contribution < -0.4 is 29.6 Å². The molecule has 0 spiro atoms. The third-order valence-corrected chi connectivity index (χ3v) is 2.94. The van der Waals surface area contributed by atoms with E-state index >= 15 is 0 Å². The van der Waals surface area contributed by atoms with Gasteiger partial charge in [-0.1, -0.05) is 22.0 Å². The second kappa shape index (κ2) is 5.52. The number of rotatable bonds is 1. The number of nitrogens with zero attached hydrogens (tertiary/aromatic N) is 1. The number of pyridine rings is 1. The van der Waals surface area contributed by atoms with Crippen LogP contribution in [0, 0.1) is 0 Å². The number of hydrogen-bond donors (Lipinski definition) is 0. The summed E-state index contributed by atoms with van der Waals surface area (Å²) in [5.41, 5.74) is 0.504. The largest absolute Gasteiger partial charge is 1.00 e. The van der Waals surface area contributed by atoms with Crippen LogP contribution in [0.1, 0.15) is 0 Å². The Morgan fingerprint density at radius 1 is 1.40 bits per heavy atom. The van der Waals surface area contributed by atoms with Crippen molar-refractivity contribution in [2.45, 2.75) is 4.90 Å². The van der Waals surface area contributed by atoms with E-state index in [2.05, 4.69) is 20.9 Å². The first-order chi connectivity index (χ1) is 6.68. The monoisotopic (exact) mass is 293 g/mol. The third-order valence-electron chi connectivity index (χ3n) is 1.81. The van der Waals surface area contributed by atoms with Crippen molar-refractivity contribution in [2.24, 2.45) is 0 Å². The van der Waals surface area contributed by atoms with Crippen molar-refractivity contribution >= 4 is 37.9 Å². The van der Waals surface area contributed by atoms with Crippen molar-refractivity contribution in [3.05, 3.63) is 34.9 Å². The molecule has 1 aromatic heterocycles. The Morgan fingerprint density at radius 2 is 2.13 bits per heavy atom. The number of aromatic nitrogens is 1. The molecule has 1 atom stereocenters. The van der Waals surface area contributed by atoms with E-state index in [1.807, 2.05) is 12.1 Å². The van der Waals surface area contributed by atoms with Crippen molar-refractivity contribution in [1.29, 1.82) is 0 Å². The standard InChI is InChI=1S/C9H6BrNO2S.Na/c10-7-4-6-2-1-3-11-9(6)8(5-7)14(12)13;/h1-5H,(H,12,13);/q;+1/p-1. The van der Waals surface area contributed by atoms with Crippen LogP contribution in [0.3, 0.4) is 0 Å². The van der Waals surface area contributed by atoms with Crippen molar-refractivity contribution in [1.82, 2.24) is 4.98 Å². The van der Waals surface area contributed by atoms with E-state index in [4.69, 9.17) is 0 Å². The molecule has 0 saturated carbocycles. The van der Waals surface area contributed by atoms with E-state index in [0.29, 0.717) is 5.52 Å². The average Bonchev–Trinajstić information content (AvgIpc) is 2.16. The summed E-state index contributed by atoms with van der Waals surface area (Å²) in [5, 5.41) is 0.807. The molecule has 0 radical (unpaired) electrons. The first-order valence-corrected chi connectivity index (χ1v) is 5.69. The average molecular weight is 294 g/mol. The molecule has 0 amide bonds. The minimum Gasteiger partial charge on any atom is -0.768 e. The Labute approximate surface area is 120 Å². The van der Waals surface area contributed by atoms with Crippen LogP contribution in [0.25, 0.3) is 10.9 Å². The van der Waals surface area contributed by atoms with Crippen molar-refractivity contribution in [3.63, 3.8) is 0 Å². The Kier molecular flexibility index (Phi) is 4.89. The molecule has 15 heavy (non-hydrogen) atoms. The molecule has 2 rings (SSSR count). The van der Waals surface area contributed by atoms with Crippen LogP contribution in [0.2, 0.25) is 0 Å². The van der Waals surface area contributed by atoms with Gasteiger partial charge in [0.1, 0.15) is 0 Å². The maximum atomic E-state index is 10.9. The first-order valence-electron chi connectivity index (χ1n) is 3.82. The second-order valence-electron chi connectivity index (χ2n) is 2.71. The number of benzene rings is 1. The smallest absolute Gasteiger partial charge is 0.768 e. The molecule has 0 bridgehead atoms. The molecule has 3 nitrogen and oxygen atoms in total. The summed E-state index contributed by atoms with van der Waals surface area (Å²) in [5.74, 6) is 0. The van der Waals surface area contributed by atoms with Crippen molar-refractivity contribution in [2.75, 3.05) is 0 Å². The summed E-state index contributed by atoms with van der Waals surface area (Å²) >= 11 is 0.994. The van der Waals surface area contributed by atoms with E-state index in [9.17, 15) is 8.76 Å². The Balaban J connectivity index is 0.00000112. The minimum absolute atomic E-state index is 0. The Hall–Kier alpha value is 0.220. The van der Waals surface area contributed by atoms with Crippen LogP contribution in [0.4, 0.5) is 0 Å². The molecule has 1 aromatic carbocycles. The predicted molar refractivity (Wildman–Crippen MR) is 56.6 cm³/mol. The van der Waals surface area contributed by atoms with Crippen LogP contribution in [-0.4, -0.2) is 13.7 Å². The first kappa shape index (κ1) is 13.3. The van der Waals surface area contributed by atoms with Gasteiger partial charge in [-0.15, -0.1) is 0 Å². The number of fused-ring (bicyclic) bond motifs is 1. The van der Waals surface area contributed by atoms with E-state index in [-0.39, 0.29) is 34.5 Å². The molecular weight excluding hydrogens is 289 g/mol. The summed E-state index contributed by atoms with van der Waals surface area (Å²) in [6, 6.07) is 6.97. The van der Waals surface area contributed by atoms with E-state index in [1.54, 1.807) is 18.3 Å². The molecule has 1 unspecified atom stereocenters. The van der Waals surface area contributed by atoms with Gasteiger partial charge in [-0.2, -0.15) is 0 Å². The molecular formula is C9H5BrNNaO2S. The summed E-state index contributed by atoms with van der Waals surface area (Å²) in [7, 11) is 0. The van der Waals surface area contributed by atoms with Crippen LogP contribution in [-0.2, 0) is 11.1 Å². The molecule has 0 fully saturated rings. The summed E-state index contributed by atoms with van der Waals surface area (Å²) in [6.07, 6.45) is 1.58. The van der Waals surface area contributed by atoms with Gasteiger partial charge in [0.15, 0.2) is 0 Å². The molecule has 72 valence electrons. The zero-order chi connectivity index (χ0) is 10.1. The van der Waals surface area contributed by atoms with Gasteiger partial charge in [0.05, 0.1) is 10.4 Å². The molecule has 0 N–H and O–H groups in total. The van der Waals surface area contributed by atoms with Gasteiger partial charge in [-0.05, 0) is 29.3 Å². The molecule has 0 aliphatic carbocycles. The van der Waals surface area contributed by atoms with E-state index in [1.165, 1.54) is 0 Å². The fourth-order valence-corrected chi connectivity index (χ4v) is 2.43. The van der Waals surface area contributed by atoms with Crippen molar-refractivity contribution in [3.8, 4) is 0 Å². The molecule has 1 heterocycles. The summed E-state index contributed by atoms with van der Waals surface area (Å²) in [6.45, 7) is 0.